The van der Waals surface area contributed by atoms with E-state index >= 15 is 0 Å². The van der Waals surface area contributed by atoms with Gasteiger partial charge in [0.15, 0.2) is 0 Å². The van der Waals surface area contributed by atoms with Crippen LogP contribution in [0.2, 0.25) is 0 Å². The maximum absolute atomic E-state index is 11.3. The van der Waals surface area contributed by atoms with E-state index in [2.05, 4.69) is 15.5 Å². The van der Waals surface area contributed by atoms with E-state index in [1.165, 1.54) is 19.4 Å². The molecule has 2 fully saturated rings. The van der Waals surface area contributed by atoms with Gasteiger partial charge in [0.1, 0.15) is 6.54 Å². The second kappa shape index (κ2) is 6.69. The largest absolute Gasteiger partial charge is 0.374 e. The van der Waals surface area contributed by atoms with Gasteiger partial charge in [-0.25, -0.2) is 0 Å². The number of carbonyl (C=O) groups excluding carboxylic acids is 1. The summed E-state index contributed by atoms with van der Waals surface area (Å²) in [6.07, 6.45) is 2.68. The zero-order valence-electron chi connectivity index (χ0n) is 10.5. The fraction of sp³-hybridized carbons (Fsp3) is 0.833. The van der Waals surface area contributed by atoms with Gasteiger partial charge >= 0.3 is 0 Å². The van der Waals surface area contributed by atoms with Gasteiger partial charge in [0.25, 0.3) is 0 Å². The summed E-state index contributed by atoms with van der Waals surface area (Å²) in [6, 6.07) is 2.48. The van der Waals surface area contributed by atoms with Crippen LogP contribution in [0.15, 0.2) is 0 Å². The van der Waals surface area contributed by atoms with Gasteiger partial charge in [-0.15, -0.1) is 0 Å². The van der Waals surface area contributed by atoms with Crippen molar-refractivity contribution in [3.8, 4) is 6.07 Å². The monoisotopic (exact) mass is 252 g/mol. The number of rotatable bonds is 5. The topological polar surface area (TPSA) is 77.4 Å². The molecule has 2 rings (SSSR count). The van der Waals surface area contributed by atoms with E-state index < -0.39 is 0 Å². The highest BCUT2D eigenvalue weighted by Gasteiger charge is 2.31. The average Bonchev–Trinajstić information content (AvgIpc) is 2.83. The van der Waals surface area contributed by atoms with Gasteiger partial charge in [-0.3, -0.25) is 9.69 Å². The Hall–Kier alpha value is -1.16. The Bertz CT molecular complexity index is 329. The molecule has 18 heavy (non-hydrogen) atoms. The summed E-state index contributed by atoms with van der Waals surface area (Å²) in [4.78, 5) is 13.7. The molecule has 6 nitrogen and oxygen atoms in total. The number of carbonyl (C=O) groups is 1. The number of nitrogens with one attached hydrogen (secondary N) is 2. The Morgan fingerprint density at radius 3 is 3.28 bits per heavy atom. The van der Waals surface area contributed by atoms with E-state index in [9.17, 15) is 4.79 Å². The minimum atomic E-state index is -0.147. The molecule has 0 aliphatic carbocycles. The highest BCUT2D eigenvalue weighted by atomic mass is 16.5. The van der Waals surface area contributed by atoms with Crippen LogP contribution in [0.5, 0.6) is 0 Å². The van der Waals surface area contributed by atoms with Crippen LogP contribution in [0.1, 0.15) is 12.8 Å². The highest BCUT2D eigenvalue weighted by Crippen LogP contribution is 2.22. The van der Waals surface area contributed by atoms with Crippen molar-refractivity contribution in [2.24, 2.45) is 0 Å². The van der Waals surface area contributed by atoms with Crippen LogP contribution in [0.4, 0.5) is 0 Å². The lowest BCUT2D eigenvalue weighted by molar-refractivity contribution is -0.120. The molecule has 0 bridgehead atoms. The molecule has 2 atom stereocenters. The second-order valence-electron chi connectivity index (χ2n) is 4.81. The third-order valence-electron chi connectivity index (χ3n) is 3.48. The van der Waals surface area contributed by atoms with Crippen molar-refractivity contribution >= 4 is 5.91 Å². The first-order valence-electron chi connectivity index (χ1n) is 6.49. The lowest BCUT2D eigenvalue weighted by atomic mass is 10.2. The van der Waals surface area contributed by atoms with Crippen LogP contribution in [0.3, 0.4) is 0 Å². The molecule has 2 heterocycles. The molecule has 2 aliphatic heterocycles. The zero-order chi connectivity index (χ0) is 12.8. The number of morpholine rings is 1. The van der Waals surface area contributed by atoms with Crippen molar-refractivity contribution in [2.45, 2.75) is 25.0 Å². The van der Waals surface area contributed by atoms with Crippen LogP contribution in [-0.2, 0) is 9.53 Å². The molecule has 0 spiro atoms. The van der Waals surface area contributed by atoms with Gasteiger partial charge in [0.2, 0.25) is 5.91 Å². The molecular formula is C12H20N4O2. The van der Waals surface area contributed by atoms with Crippen LogP contribution >= 0.6 is 0 Å². The normalized spacial score (nSPS) is 27.5. The van der Waals surface area contributed by atoms with E-state index in [0.29, 0.717) is 12.6 Å². The van der Waals surface area contributed by atoms with E-state index in [1.807, 2.05) is 6.07 Å². The van der Waals surface area contributed by atoms with E-state index in [0.717, 1.165) is 13.2 Å². The fourth-order valence-electron chi connectivity index (χ4n) is 2.56. The maximum Gasteiger partial charge on any atom is 0.234 e. The quantitative estimate of drug-likeness (QED) is 0.619. The van der Waals surface area contributed by atoms with Crippen LogP contribution in [0.25, 0.3) is 0 Å². The van der Waals surface area contributed by atoms with Crippen molar-refractivity contribution in [3.63, 3.8) is 0 Å². The third-order valence-corrected chi connectivity index (χ3v) is 3.48. The lowest BCUT2D eigenvalue weighted by Crippen LogP contribution is -2.50. The van der Waals surface area contributed by atoms with Gasteiger partial charge in [-0.2, -0.15) is 5.26 Å². The molecule has 100 valence electrons. The Labute approximate surface area is 107 Å². The summed E-state index contributed by atoms with van der Waals surface area (Å²) in [6.45, 7) is 3.93. The molecule has 2 N–H and O–H groups in total. The molecule has 0 aromatic heterocycles. The van der Waals surface area contributed by atoms with Crippen LogP contribution in [-0.4, -0.2) is 62.3 Å². The minimum Gasteiger partial charge on any atom is -0.374 e. The van der Waals surface area contributed by atoms with Gasteiger partial charge in [0, 0.05) is 19.1 Å². The van der Waals surface area contributed by atoms with Crippen molar-refractivity contribution in [3.05, 3.63) is 0 Å². The van der Waals surface area contributed by atoms with Gasteiger partial charge in [0.05, 0.1) is 25.3 Å². The summed E-state index contributed by atoms with van der Waals surface area (Å²) in [5.41, 5.74) is 0. The predicted molar refractivity (Wildman–Crippen MR) is 65.8 cm³/mol. The molecular weight excluding hydrogens is 232 g/mol. The number of fused-ring (bicyclic) bond motifs is 1. The Balaban J connectivity index is 1.60. The van der Waals surface area contributed by atoms with E-state index in [1.54, 1.807) is 0 Å². The molecule has 1 amide bonds. The van der Waals surface area contributed by atoms with E-state index in [-0.39, 0.29) is 25.1 Å². The maximum atomic E-state index is 11.3. The molecule has 2 saturated heterocycles. The highest BCUT2D eigenvalue weighted by molar-refractivity contribution is 5.78. The first-order chi connectivity index (χ1) is 8.79. The van der Waals surface area contributed by atoms with Gasteiger partial charge in [-0.05, 0) is 19.4 Å². The predicted octanol–water partition coefficient (Wildman–Crippen LogP) is -0.921. The van der Waals surface area contributed by atoms with Crippen molar-refractivity contribution in [1.82, 2.24) is 15.5 Å². The fourth-order valence-corrected chi connectivity index (χ4v) is 2.56. The van der Waals surface area contributed by atoms with Crippen molar-refractivity contribution < 1.29 is 9.53 Å². The Morgan fingerprint density at radius 1 is 1.56 bits per heavy atom. The third kappa shape index (κ3) is 3.67. The Kier molecular flexibility index (Phi) is 4.93. The van der Waals surface area contributed by atoms with Crippen LogP contribution < -0.4 is 10.6 Å². The lowest BCUT2D eigenvalue weighted by Gasteiger charge is -2.35. The van der Waals surface area contributed by atoms with Crippen LogP contribution in [0, 0.1) is 11.3 Å². The average molecular weight is 252 g/mol. The van der Waals surface area contributed by atoms with Gasteiger partial charge < -0.3 is 15.4 Å². The molecule has 0 aromatic rings. The zero-order valence-corrected chi connectivity index (χ0v) is 10.5. The summed E-state index contributed by atoms with van der Waals surface area (Å²) in [7, 11) is 0. The summed E-state index contributed by atoms with van der Waals surface area (Å²) in [5, 5.41) is 13.9. The number of ether oxygens (including phenoxy) is 1. The number of nitrogens with zero attached hydrogens (tertiary/aromatic N) is 2. The molecule has 2 unspecified atom stereocenters. The molecule has 0 aromatic carbocycles. The van der Waals surface area contributed by atoms with Gasteiger partial charge in [-0.1, -0.05) is 0 Å². The smallest absolute Gasteiger partial charge is 0.234 e. The molecule has 2 aliphatic rings. The minimum absolute atomic E-state index is 0.0654. The number of hydrogen-bond acceptors (Lipinski definition) is 5. The molecule has 0 saturated carbocycles. The number of hydrogen-bond donors (Lipinski definition) is 2. The second-order valence-corrected chi connectivity index (χ2v) is 4.81. The number of nitriles is 1. The standard InChI is InChI=1S/C12H20N4O2/c13-3-4-15-12(17)7-14-6-11-8-16-5-1-2-10(16)9-18-11/h10-11,14H,1-2,4-9H2,(H,15,17). The molecule has 0 radical (unpaired) electrons. The SMILES string of the molecule is N#CCNC(=O)CNCC1CN2CCCC2CO1. The molecule has 6 heteroatoms. The van der Waals surface area contributed by atoms with Crippen molar-refractivity contribution in [1.29, 1.82) is 5.26 Å². The summed E-state index contributed by atoms with van der Waals surface area (Å²) in [5.74, 6) is -0.147. The first-order valence-corrected chi connectivity index (χ1v) is 6.49. The summed E-state index contributed by atoms with van der Waals surface area (Å²) < 4.78 is 5.77. The van der Waals surface area contributed by atoms with E-state index in [4.69, 9.17) is 10.00 Å². The van der Waals surface area contributed by atoms with Crippen molar-refractivity contribution in [2.75, 3.05) is 39.3 Å². The Morgan fingerprint density at radius 2 is 2.44 bits per heavy atom. The number of amides is 1. The summed E-state index contributed by atoms with van der Waals surface area (Å²) >= 11 is 0. The first kappa shape index (κ1) is 13.3.